The monoisotopic (exact) mass is 489 g/mol. The van der Waals surface area contributed by atoms with E-state index in [1.54, 1.807) is 18.4 Å². The summed E-state index contributed by atoms with van der Waals surface area (Å²) in [4.78, 5) is 32.2. The van der Waals surface area contributed by atoms with Gasteiger partial charge in [-0.15, -0.1) is 0 Å². The summed E-state index contributed by atoms with van der Waals surface area (Å²) in [6, 6.07) is 7.85. The average Bonchev–Trinajstić information content (AvgIpc) is 3.26. The van der Waals surface area contributed by atoms with E-state index in [2.05, 4.69) is 28.1 Å². The SMILES string of the molecule is COc1ccc(C)c2sc(N3CCN(CCNC(=O)c4cc([N+](=O)[O-])ccc4Cl)CC3)nc12. The number of nitrogens with zero attached hydrogens (tertiary/aromatic N) is 4. The number of rotatable bonds is 7. The Labute approximate surface area is 200 Å². The summed E-state index contributed by atoms with van der Waals surface area (Å²) in [5.41, 5.74) is 2.04. The lowest BCUT2D eigenvalue weighted by Crippen LogP contribution is -2.48. The molecule has 9 nitrogen and oxygen atoms in total. The van der Waals surface area contributed by atoms with Crippen molar-refractivity contribution in [3.05, 3.63) is 56.6 Å². The molecule has 0 spiro atoms. The molecule has 33 heavy (non-hydrogen) atoms. The number of hydrogen-bond donors (Lipinski definition) is 1. The van der Waals surface area contributed by atoms with Crippen LogP contribution < -0.4 is 15.0 Å². The molecular formula is C22H24ClN5O4S. The van der Waals surface area contributed by atoms with Gasteiger partial charge in [-0.05, 0) is 24.6 Å². The number of ether oxygens (including phenoxy) is 1. The summed E-state index contributed by atoms with van der Waals surface area (Å²) < 4.78 is 6.61. The molecule has 11 heteroatoms. The molecule has 1 amide bonds. The lowest BCUT2D eigenvalue weighted by molar-refractivity contribution is -0.384. The molecule has 0 radical (unpaired) electrons. The Balaban J connectivity index is 1.30. The van der Waals surface area contributed by atoms with Gasteiger partial charge in [0, 0.05) is 51.4 Å². The van der Waals surface area contributed by atoms with Crippen LogP contribution in [0.3, 0.4) is 0 Å². The van der Waals surface area contributed by atoms with E-state index in [4.69, 9.17) is 21.3 Å². The fourth-order valence-electron chi connectivity index (χ4n) is 3.78. The van der Waals surface area contributed by atoms with Crippen molar-refractivity contribution in [3.63, 3.8) is 0 Å². The molecule has 0 atom stereocenters. The number of fused-ring (bicyclic) bond motifs is 1. The molecule has 1 fully saturated rings. The highest BCUT2D eigenvalue weighted by Gasteiger charge is 2.22. The molecule has 1 aromatic heterocycles. The highest BCUT2D eigenvalue weighted by Crippen LogP contribution is 2.36. The fraction of sp³-hybridized carbons (Fsp3) is 0.364. The first-order valence-corrected chi connectivity index (χ1v) is 11.7. The maximum Gasteiger partial charge on any atom is 0.270 e. The molecule has 1 saturated heterocycles. The molecule has 1 aliphatic rings. The molecule has 0 aliphatic carbocycles. The predicted octanol–water partition coefficient (Wildman–Crippen LogP) is 3.73. The van der Waals surface area contributed by atoms with Crippen molar-refractivity contribution in [2.24, 2.45) is 0 Å². The van der Waals surface area contributed by atoms with Crippen LogP contribution in [0.4, 0.5) is 10.8 Å². The van der Waals surface area contributed by atoms with Crippen molar-refractivity contribution >= 4 is 49.9 Å². The number of amides is 1. The third-order valence-electron chi connectivity index (χ3n) is 5.67. The van der Waals surface area contributed by atoms with E-state index in [1.165, 1.54) is 23.8 Å². The Morgan fingerprint density at radius 2 is 2.03 bits per heavy atom. The van der Waals surface area contributed by atoms with Crippen LogP contribution in [0.1, 0.15) is 15.9 Å². The molecule has 0 unspecified atom stereocenters. The Bertz CT molecular complexity index is 1190. The second-order valence-corrected chi connectivity index (χ2v) is 9.15. The van der Waals surface area contributed by atoms with E-state index >= 15 is 0 Å². The predicted molar refractivity (Wildman–Crippen MR) is 130 cm³/mol. The van der Waals surface area contributed by atoms with E-state index in [1.807, 2.05) is 6.07 Å². The smallest absolute Gasteiger partial charge is 0.270 e. The Kier molecular flexibility index (Phi) is 6.96. The number of carbonyl (C=O) groups is 1. The lowest BCUT2D eigenvalue weighted by atomic mass is 10.2. The molecule has 1 aliphatic heterocycles. The number of halogens is 1. The molecule has 1 N–H and O–H groups in total. The van der Waals surface area contributed by atoms with Gasteiger partial charge in [-0.1, -0.05) is 29.0 Å². The molecule has 0 saturated carbocycles. The van der Waals surface area contributed by atoms with Gasteiger partial charge in [0.25, 0.3) is 11.6 Å². The third-order valence-corrected chi connectivity index (χ3v) is 7.25. The van der Waals surface area contributed by atoms with Crippen molar-refractivity contribution < 1.29 is 14.5 Å². The number of benzene rings is 2. The summed E-state index contributed by atoms with van der Waals surface area (Å²) in [6.07, 6.45) is 0. The molecular weight excluding hydrogens is 466 g/mol. The minimum atomic E-state index is -0.546. The standard InChI is InChI=1S/C22H24ClN5O4S/c1-14-3-6-18(32-2)19-20(14)33-22(25-19)27-11-9-26(10-12-27)8-7-24-21(29)16-13-15(28(30)31)4-5-17(16)23/h3-6,13H,7-12H2,1-2H3,(H,24,29). The minimum absolute atomic E-state index is 0.109. The number of nitro groups is 1. The normalized spacial score (nSPS) is 14.5. The fourth-order valence-corrected chi connectivity index (χ4v) is 5.09. The van der Waals surface area contributed by atoms with Gasteiger partial charge in [-0.25, -0.2) is 4.98 Å². The van der Waals surface area contributed by atoms with E-state index in [0.717, 1.165) is 47.3 Å². The summed E-state index contributed by atoms with van der Waals surface area (Å²) in [7, 11) is 1.66. The van der Waals surface area contributed by atoms with Crippen molar-refractivity contribution in [3.8, 4) is 5.75 Å². The van der Waals surface area contributed by atoms with E-state index < -0.39 is 10.8 Å². The quantitative estimate of drug-likeness (QED) is 0.398. The average molecular weight is 490 g/mol. The second-order valence-electron chi connectivity index (χ2n) is 7.76. The summed E-state index contributed by atoms with van der Waals surface area (Å²) in [6.45, 7) is 6.56. The zero-order valence-electron chi connectivity index (χ0n) is 18.3. The summed E-state index contributed by atoms with van der Waals surface area (Å²) in [5.74, 6) is 0.373. The number of nitro benzene ring substituents is 1. The van der Waals surface area contributed by atoms with Crippen molar-refractivity contribution in [1.82, 2.24) is 15.2 Å². The van der Waals surface area contributed by atoms with Crippen LogP contribution in [0.25, 0.3) is 10.2 Å². The minimum Gasteiger partial charge on any atom is -0.494 e. The number of nitrogens with one attached hydrogen (secondary N) is 1. The van der Waals surface area contributed by atoms with Gasteiger partial charge >= 0.3 is 0 Å². The molecule has 0 bridgehead atoms. The topological polar surface area (TPSA) is 101 Å². The number of aryl methyl sites for hydroxylation is 1. The maximum absolute atomic E-state index is 12.4. The highest BCUT2D eigenvalue weighted by molar-refractivity contribution is 7.22. The van der Waals surface area contributed by atoms with Gasteiger partial charge < -0.3 is 15.0 Å². The van der Waals surface area contributed by atoms with Crippen LogP contribution in [-0.2, 0) is 0 Å². The van der Waals surface area contributed by atoms with Gasteiger partial charge in [0.1, 0.15) is 11.3 Å². The second kappa shape index (κ2) is 9.90. The molecule has 2 aromatic carbocycles. The molecule has 4 rings (SSSR count). The summed E-state index contributed by atoms with van der Waals surface area (Å²) >= 11 is 7.73. The zero-order chi connectivity index (χ0) is 23.5. The summed E-state index contributed by atoms with van der Waals surface area (Å²) in [5, 5.41) is 14.9. The molecule has 174 valence electrons. The number of piperazine rings is 1. The van der Waals surface area contributed by atoms with Crippen molar-refractivity contribution in [2.75, 3.05) is 51.3 Å². The van der Waals surface area contributed by atoms with Gasteiger partial charge in [-0.3, -0.25) is 19.8 Å². The first-order valence-electron chi connectivity index (χ1n) is 10.5. The van der Waals surface area contributed by atoms with Crippen LogP contribution in [0, 0.1) is 17.0 Å². The number of anilines is 1. The zero-order valence-corrected chi connectivity index (χ0v) is 19.9. The largest absolute Gasteiger partial charge is 0.494 e. The van der Waals surface area contributed by atoms with Crippen LogP contribution in [0.2, 0.25) is 5.02 Å². The van der Waals surface area contributed by atoms with E-state index in [9.17, 15) is 14.9 Å². The van der Waals surface area contributed by atoms with Crippen LogP contribution in [0.15, 0.2) is 30.3 Å². The lowest BCUT2D eigenvalue weighted by Gasteiger charge is -2.34. The molecule has 3 aromatic rings. The van der Waals surface area contributed by atoms with E-state index in [-0.39, 0.29) is 16.3 Å². The number of aromatic nitrogens is 1. The highest BCUT2D eigenvalue weighted by atomic mass is 35.5. The van der Waals surface area contributed by atoms with Gasteiger partial charge in [0.05, 0.1) is 27.3 Å². The third kappa shape index (κ3) is 5.02. The number of thiazole rings is 1. The number of methoxy groups -OCH3 is 1. The van der Waals surface area contributed by atoms with E-state index in [0.29, 0.717) is 13.1 Å². The maximum atomic E-state index is 12.4. The Morgan fingerprint density at radius 1 is 1.27 bits per heavy atom. The Morgan fingerprint density at radius 3 is 2.73 bits per heavy atom. The van der Waals surface area contributed by atoms with Crippen LogP contribution >= 0.6 is 22.9 Å². The van der Waals surface area contributed by atoms with Crippen LogP contribution in [0.5, 0.6) is 5.75 Å². The first-order chi connectivity index (χ1) is 15.9. The number of hydrogen-bond acceptors (Lipinski definition) is 8. The van der Waals surface area contributed by atoms with Gasteiger partial charge in [0.2, 0.25) is 0 Å². The van der Waals surface area contributed by atoms with Gasteiger partial charge in [-0.2, -0.15) is 0 Å². The number of carbonyl (C=O) groups excluding carboxylic acids is 1. The Hall–Kier alpha value is -2.95. The number of non-ortho nitro benzene ring substituents is 1. The van der Waals surface area contributed by atoms with Gasteiger partial charge in [0.15, 0.2) is 5.13 Å². The van der Waals surface area contributed by atoms with Crippen LogP contribution in [-0.4, -0.2) is 67.1 Å². The molecule has 2 heterocycles. The van der Waals surface area contributed by atoms with Crippen molar-refractivity contribution in [2.45, 2.75) is 6.92 Å². The van der Waals surface area contributed by atoms with Crippen molar-refractivity contribution in [1.29, 1.82) is 0 Å². The first kappa shape index (κ1) is 23.2.